The third kappa shape index (κ3) is 3.45. The van der Waals surface area contributed by atoms with Crippen LogP contribution in [0.3, 0.4) is 0 Å². The Hall–Kier alpha value is -3.31. The number of rotatable bonds is 4. The minimum Gasteiger partial charge on any atom is -0.419 e. The van der Waals surface area contributed by atoms with Crippen molar-refractivity contribution in [3.05, 3.63) is 107 Å². The molecule has 1 atom stereocenters. The van der Waals surface area contributed by atoms with Crippen molar-refractivity contribution in [2.45, 2.75) is 19.0 Å². The maximum Gasteiger partial charge on any atom is 0.247 e. The Kier molecular flexibility index (Phi) is 4.66. The Morgan fingerprint density at radius 1 is 0.828 bits per heavy atom. The van der Waals surface area contributed by atoms with Crippen LogP contribution in [0.15, 0.2) is 83.3 Å². The van der Waals surface area contributed by atoms with Crippen LogP contribution in [0.5, 0.6) is 0 Å². The topological polar surface area (TPSA) is 42.2 Å². The van der Waals surface area contributed by atoms with Crippen LogP contribution < -0.4 is 0 Å². The van der Waals surface area contributed by atoms with Gasteiger partial charge in [-0.1, -0.05) is 60.7 Å². The van der Waals surface area contributed by atoms with Gasteiger partial charge in [0, 0.05) is 24.2 Å². The first-order chi connectivity index (χ1) is 14.3. The first-order valence-corrected chi connectivity index (χ1v) is 9.73. The average molecular weight is 385 g/mol. The number of hydrogen-bond donors (Lipinski definition) is 0. The number of hydrogen-bond acceptors (Lipinski definition) is 4. The molecular formula is C24H20FN3O. The number of benzene rings is 3. The van der Waals surface area contributed by atoms with Crippen molar-refractivity contribution in [3.63, 3.8) is 0 Å². The molecule has 0 spiro atoms. The molecule has 0 aliphatic carbocycles. The van der Waals surface area contributed by atoms with Crippen LogP contribution >= 0.6 is 0 Å². The summed E-state index contributed by atoms with van der Waals surface area (Å²) in [5.41, 5.74) is 3.99. The van der Waals surface area contributed by atoms with Gasteiger partial charge in [-0.05, 0) is 35.7 Å². The molecule has 4 aromatic rings. The fourth-order valence-corrected chi connectivity index (χ4v) is 3.96. The van der Waals surface area contributed by atoms with Gasteiger partial charge in [0.25, 0.3) is 0 Å². The van der Waals surface area contributed by atoms with Crippen molar-refractivity contribution in [3.8, 4) is 11.5 Å². The summed E-state index contributed by atoms with van der Waals surface area (Å²) in [5, 5.41) is 8.55. The standard InChI is InChI=1S/C24H20FN3O/c25-21-13-7-6-12-20(21)22(28-15-14-17-8-4-5-11-19(17)16-28)24-27-26-23(29-24)18-9-2-1-3-10-18/h1-13,22H,14-16H2/t22-/m1/s1. The van der Waals surface area contributed by atoms with E-state index in [2.05, 4.69) is 33.3 Å². The highest BCUT2D eigenvalue weighted by atomic mass is 19.1. The van der Waals surface area contributed by atoms with Crippen molar-refractivity contribution < 1.29 is 8.81 Å². The van der Waals surface area contributed by atoms with E-state index in [9.17, 15) is 4.39 Å². The highest BCUT2D eigenvalue weighted by molar-refractivity contribution is 5.52. The lowest BCUT2D eigenvalue weighted by Crippen LogP contribution is -2.35. The van der Waals surface area contributed by atoms with Crippen molar-refractivity contribution in [2.24, 2.45) is 0 Å². The Balaban J connectivity index is 1.56. The first-order valence-electron chi connectivity index (χ1n) is 9.73. The molecule has 2 heterocycles. The van der Waals surface area contributed by atoms with Crippen molar-refractivity contribution in [2.75, 3.05) is 6.54 Å². The molecule has 0 N–H and O–H groups in total. The van der Waals surface area contributed by atoms with E-state index >= 15 is 0 Å². The number of aromatic nitrogens is 2. The van der Waals surface area contributed by atoms with Crippen LogP contribution in [0.4, 0.5) is 4.39 Å². The van der Waals surface area contributed by atoms with Gasteiger partial charge >= 0.3 is 0 Å². The molecule has 29 heavy (non-hydrogen) atoms. The maximum atomic E-state index is 14.8. The molecule has 0 unspecified atom stereocenters. The Labute approximate surface area is 168 Å². The molecule has 144 valence electrons. The maximum absolute atomic E-state index is 14.8. The molecule has 0 bridgehead atoms. The van der Waals surface area contributed by atoms with Crippen molar-refractivity contribution in [1.82, 2.24) is 15.1 Å². The van der Waals surface area contributed by atoms with Crippen LogP contribution in [-0.2, 0) is 13.0 Å². The predicted octanol–water partition coefficient (Wildman–Crippen LogP) is 5.02. The molecule has 0 radical (unpaired) electrons. The van der Waals surface area contributed by atoms with E-state index in [4.69, 9.17) is 4.42 Å². The van der Waals surface area contributed by atoms with E-state index in [-0.39, 0.29) is 5.82 Å². The van der Waals surface area contributed by atoms with Crippen LogP contribution in [0, 0.1) is 5.82 Å². The summed E-state index contributed by atoms with van der Waals surface area (Å²) < 4.78 is 20.8. The summed E-state index contributed by atoms with van der Waals surface area (Å²) in [5.74, 6) is 0.587. The van der Waals surface area contributed by atoms with E-state index < -0.39 is 6.04 Å². The van der Waals surface area contributed by atoms with E-state index in [0.29, 0.717) is 23.9 Å². The normalized spacial score (nSPS) is 15.1. The first kappa shape index (κ1) is 17.8. The van der Waals surface area contributed by atoms with Gasteiger partial charge in [-0.25, -0.2) is 4.39 Å². The summed E-state index contributed by atoms with van der Waals surface area (Å²) in [7, 11) is 0. The minimum absolute atomic E-state index is 0.268. The van der Waals surface area contributed by atoms with E-state index in [0.717, 1.165) is 18.5 Å². The SMILES string of the molecule is Fc1ccccc1[C@H](c1nnc(-c2ccccc2)o1)N1CCc2ccccc2C1. The quantitative estimate of drug-likeness (QED) is 0.494. The summed E-state index contributed by atoms with van der Waals surface area (Å²) in [6.45, 7) is 1.50. The zero-order valence-corrected chi connectivity index (χ0v) is 15.8. The van der Waals surface area contributed by atoms with Crippen LogP contribution in [-0.4, -0.2) is 21.6 Å². The molecule has 3 aromatic carbocycles. The molecule has 1 aliphatic heterocycles. The molecular weight excluding hydrogens is 365 g/mol. The van der Waals surface area contributed by atoms with Gasteiger partial charge < -0.3 is 4.42 Å². The van der Waals surface area contributed by atoms with Gasteiger partial charge in [0.1, 0.15) is 11.9 Å². The van der Waals surface area contributed by atoms with Gasteiger partial charge in [-0.15, -0.1) is 10.2 Å². The molecule has 0 saturated heterocycles. The van der Waals surface area contributed by atoms with E-state index in [1.165, 1.54) is 17.2 Å². The number of fused-ring (bicyclic) bond motifs is 1. The lowest BCUT2D eigenvalue weighted by Gasteiger charge is -2.34. The lowest BCUT2D eigenvalue weighted by molar-refractivity contribution is 0.178. The summed E-state index contributed by atoms with van der Waals surface area (Å²) in [4.78, 5) is 2.21. The number of halogens is 1. The molecule has 0 amide bonds. The molecule has 0 fully saturated rings. The van der Waals surface area contributed by atoms with Crippen LogP contribution in [0.25, 0.3) is 11.5 Å². The summed E-state index contributed by atoms with van der Waals surface area (Å²) in [6.07, 6.45) is 0.904. The second-order valence-corrected chi connectivity index (χ2v) is 7.22. The smallest absolute Gasteiger partial charge is 0.247 e. The Morgan fingerprint density at radius 3 is 2.38 bits per heavy atom. The largest absolute Gasteiger partial charge is 0.419 e. The van der Waals surface area contributed by atoms with Crippen LogP contribution in [0.1, 0.15) is 28.6 Å². The Morgan fingerprint density at radius 2 is 1.55 bits per heavy atom. The van der Waals surface area contributed by atoms with E-state index in [1.54, 1.807) is 12.1 Å². The summed E-state index contributed by atoms with van der Waals surface area (Å²) in [6, 6.07) is 24.4. The van der Waals surface area contributed by atoms with Gasteiger partial charge in [-0.2, -0.15) is 0 Å². The lowest BCUT2D eigenvalue weighted by atomic mass is 9.96. The van der Waals surface area contributed by atoms with Crippen molar-refractivity contribution in [1.29, 1.82) is 0 Å². The summed E-state index contributed by atoms with van der Waals surface area (Å²) >= 11 is 0. The zero-order chi connectivity index (χ0) is 19.6. The second-order valence-electron chi connectivity index (χ2n) is 7.22. The highest BCUT2D eigenvalue weighted by Crippen LogP contribution is 2.34. The fraction of sp³-hybridized carbons (Fsp3) is 0.167. The predicted molar refractivity (Wildman–Crippen MR) is 109 cm³/mol. The third-order valence-electron chi connectivity index (χ3n) is 5.42. The van der Waals surface area contributed by atoms with Gasteiger partial charge in [0.15, 0.2) is 0 Å². The molecule has 5 rings (SSSR count). The zero-order valence-electron chi connectivity index (χ0n) is 15.8. The molecule has 1 aromatic heterocycles. The third-order valence-corrected chi connectivity index (χ3v) is 5.42. The minimum atomic E-state index is -0.436. The molecule has 4 nitrogen and oxygen atoms in total. The molecule has 5 heteroatoms. The highest BCUT2D eigenvalue weighted by Gasteiger charge is 2.32. The van der Waals surface area contributed by atoms with Gasteiger partial charge in [-0.3, -0.25) is 4.90 Å². The molecule has 1 aliphatic rings. The monoisotopic (exact) mass is 385 g/mol. The number of nitrogens with zero attached hydrogens (tertiary/aromatic N) is 3. The second kappa shape index (κ2) is 7.60. The van der Waals surface area contributed by atoms with Gasteiger partial charge in [0.05, 0.1) is 0 Å². The van der Waals surface area contributed by atoms with Gasteiger partial charge in [0.2, 0.25) is 11.8 Å². The molecule has 0 saturated carbocycles. The fourth-order valence-electron chi connectivity index (χ4n) is 3.96. The van der Waals surface area contributed by atoms with Crippen molar-refractivity contribution >= 4 is 0 Å². The Bertz CT molecular complexity index is 1130. The van der Waals surface area contributed by atoms with E-state index in [1.807, 2.05) is 42.5 Å². The average Bonchev–Trinajstić information content (AvgIpc) is 3.26. The van der Waals surface area contributed by atoms with Crippen LogP contribution in [0.2, 0.25) is 0 Å².